The third-order valence-corrected chi connectivity index (χ3v) is 2.73. The first kappa shape index (κ1) is 11.0. The molecule has 0 spiro atoms. The molecule has 0 heterocycles. The van der Waals surface area contributed by atoms with Gasteiger partial charge in [-0.15, -0.1) is 0 Å². The number of hydrogen-bond acceptors (Lipinski definition) is 2. The molecule has 0 saturated carbocycles. The minimum Gasteiger partial charge on any atom is -0.396 e. The number of benzene rings is 1. The van der Waals surface area contributed by atoms with E-state index < -0.39 is 0 Å². The molecule has 0 aromatic heterocycles. The molecular formula is C9H11BrClNO. The van der Waals surface area contributed by atoms with Gasteiger partial charge in [-0.25, -0.2) is 0 Å². The molecule has 1 aromatic rings. The van der Waals surface area contributed by atoms with Crippen molar-refractivity contribution in [1.29, 1.82) is 0 Å². The summed E-state index contributed by atoms with van der Waals surface area (Å²) in [5.74, 6) is -0.0689. The zero-order valence-electron chi connectivity index (χ0n) is 7.00. The van der Waals surface area contributed by atoms with E-state index in [1.807, 2.05) is 12.1 Å². The molecule has 0 saturated heterocycles. The summed E-state index contributed by atoms with van der Waals surface area (Å²) in [4.78, 5) is 0. The Balaban J connectivity index is 2.99. The van der Waals surface area contributed by atoms with Gasteiger partial charge < -0.3 is 10.8 Å². The van der Waals surface area contributed by atoms with Crippen LogP contribution in [-0.4, -0.2) is 18.3 Å². The lowest BCUT2D eigenvalue weighted by molar-refractivity contribution is 0.268. The summed E-state index contributed by atoms with van der Waals surface area (Å²) in [6, 6.07) is 5.56. The van der Waals surface area contributed by atoms with Crippen molar-refractivity contribution in [1.82, 2.24) is 0 Å². The van der Waals surface area contributed by atoms with Crippen LogP contribution >= 0.6 is 27.5 Å². The first-order valence-electron chi connectivity index (χ1n) is 3.95. The van der Waals surface area contributed by atoms with Crippen molar-refractivity contribution in [3.63, 3.8) is 0 Å². The van der Waals surface area contributed by atoms with Crippen molar-refractivity contribution >= 4 is 27.5 Å². The lowest BCUT2D eigenvalue weighted by Gasteiger charge is -2.13. The van der Waals surface area contributed by atoms with Crippen LogP contribution in [0.5, 0.6) is 0 Å². The Bertz CT molecular complexity index is 289. The molecule has 1 aromatic carbocycles. The van der Waals surface area contributed by atoms with Crippen LogP contribution in [0.4, 0.5) is 0 Å². The van der Waals surface area contributed by atoms with Crippen molar-refractivity contribution in [3.8, 4) is 0 Å². The Hall–Kier alpha value is -0.0900. The van der Waals surface area contributed by atoms with Gasteiger partial charge in [0.1, 0.15) is 0 Å². The van der Waals surface area contributed by atoms with Crippen molar-refractivity contribution in [3.05, 3.63) is 33.3 Å². The van der Waals surface area contributed by atoms with Gasteiger partial charge in [0, 0.05) is 22.0 Å². The SMILES string of the molecule is NCC(CO)c1ccc(Br)cc1Cl. The largest absolute Gasteiger partial charge is 0.396 e. The fourth-order valence-corrected chi connectivity index (χ4v) is 1.96. The summed E-state index contributed by atoms with van der Waals surface area (Å²) in [5, 5.41) is 9.66. The van der Waals surface area contributed by atoms with E-state index in [1.165, 1.54) is 0 Å². The van der Waals surface area contributed by atoms with Crippen LogP contribution in [0.15, 0.2) is 22.7 Å². The molecule has 0 aliphatic heterocycles. The van der Waals surface area contributed by atoms with Crippen molar-refractivity contribution in [2.45, 2.75) is 5.92 Å². The van der Waals surface area contributed by atoms with E-state index in [0.717, 1.165) is 10.0 Å². The van der Waals surface area contributed by atoms with Crippen molar-refractivity contribution in [2.75, 3.05) is 13.2 Å². The monoisotopic (exact) mass is 263 g/mol. The zero-order valence-corrected chi connectivity index (χ0v) is 9.35. The molecule has 0 amide bonds. The first-order valence-corrected chi connectivity index (χ1v) is 5.12. The molecule has 0 aliphatic carbocycles. The highest BCUT2D eigenvalue weighted by molar-refractivity contribution is 9.10. The molecule has 3 N–H and O–H groups in total. The van der Waals surface area contributed by atoms with E-state index in [1.54, 1.807) is 6.07 Å². The molecule has 1 atom stereocenters. The van der Waals surface area contributed by atoms with Gasteiger partial charge in [-0.05, 0) is 17.7 Å². The van der Waals surface area contributed by atoms with Gasteiger partial charge in [0.05, 0.1) is 6.61 Å². The molecule has 0 bridgehead atoms. The normalized spacial score (nSPS) is 12.9. The summed E-state index contributed by atoms with van der Waals surface area (Å²) in [6.45, 7) is 0.426. The second-order valence-electron chi connectivity index (χ2n) is 2.78. The van der Waals surface area contributed by atoms with Crippen LogP contribution < -0.4 is 5.73 Å². The highest BCUT2D eigenvalue weighted by atomic mass is 79.9. The van der Waals surface area contributed by atoms with E-state index >= 15 is 0 Å². The lowest BCUT2D eigenvalue weighted by Crippen LogP contribution is -2.16. The molecule has 0 fully saturated rings. The van der Waals surface area contributed by atoms with Crippen LogP contribution in [0.1, 0.15) is 11.5 Å². The van der Waals surface area contributed by atoms with E-state index in [0.29, 0.717) is 11.6 Å². The fourth-order valence-electron chi connectivity index (χ4n) is 1.13. The second kappa shape index (κ2) is 4.96. The number of hydrogen-bond donors (Lipinski definition) is 2. The van der Waals surface area contributed by atoms with Crippen LogP contribution in [0.25, 0.3) is 0 Å². The molecule has 72 valence electrons. The highest BCUT2D eigenvalue weighted by Gasteiger charge is 2.11. The summed E-state index contributed by atoms with van der Waals surface area (Å²) >= 11 is 9.30. The maximum absolute atomic E-state index is 9.02. The standard InChI is InChI=1S/C9H11BrClNO/c10-7-1-2-8(9(11)3-7)6(4-12)5-13/h1-3,6,13H,4-5,12H2. The molecule has 13 heavy (non-hydrogen) atoms. The van der Waals surface area contributed by atoms with Crippen LogP contribution in [0, 0.1) is 0 Å². The molecule has 2 nitrogen and oxygen atoms in total. The van der Waals surface area contributed by atoms with Gasteiger partial charge >= 0.3 is 0 Å². The van der Waals surface area contributed by atoms with Gasteiger partial charge in [-0.2, -0.15) is 0 Å². The fraction of sp³-hybridized carbons (Fsp3) is 0.333. The quantitative estimate of drug-likeness (QED) is 0.879. The molecule has 4 heteroatoms. The molecule has 0 radical (unpaired) electrons. The Morgan fingerprint density at radius 1 is 1.54 bits per heavy atom. The maximum Gasteiger partial charge on any atom is 0.0512 e. The van der Waals surface area contributed by atoms with Crippen LogP contribution in [0.3, 0.4) is 0 Å². The Morgan fingerprint density at radius 3 is 2.69 bits per heavy atom. The number of aliphatic hydroxyl groups excluding tert-OH is 1. The average Bonchev–Trinajstić information content (AvgIpc) is 2.10. The third kappa shape index (κ3) is 2.68. The predicted molar refractivity (Wildman–Crippen MR) is 58.0 cm³/mol. The summed E-state index contributed by atoms with van der Waals surface area (Å²) in [6.07, 6.45) is 0. The Kier molecular flexibility index (Phi) is 4.19. The topological polar surface area (TPSA) is 46.2 Å². The number of halogens is 2. The van der Waals surface area contributed by atoms with Crippen molar-refractivity contribution in [2.24, 2.45) is 5.73 Å². The van der Waals surface area contributed by atoms with E-state index in [-0.39, 0.29) is 12.5 Å². The van der Waals surface area contributed by atoms with Crippen LogP contribution in [0.2, 0.25) is 5.02 Å². The highest BCUT2D eigenvalue weighted by Crippen LogP contribution is 2.26. The van der Waals surface area contributed by atoms with Gasteiger partial charge in [0.25, 0.3) is 0 Å². The lowest BCUT2D eigenvalue weighted by atomic mass is 10.0. The minimum atomic E-state index is -0.0689. The van der Waals surface area contributed by atoms with Crippen molar-refractivity contribution < 1.29 is 5.11 Å². The van der Waals surface area contributed by atoms with E-state index in [9.17, 15) is 0 Å². The van der Waals surface area contributed by atoms with Gasteiger partial charge in [-0.3, -0.25) is 0 Å². The van der Waals surface area contributed by atoms with E-state index in [2.05, 4.69) is 15.9 Å². The summed E-state index contributed by atoms with van der Waals surface area (Å²) < 4.78 is 0.926. The number of aliphatic hydroxyl groups is 1. The summed E-state index contributed by atoms with van der Waals surface area (Å²) in [7, 11) is 0. The Labute approximate surface area is 90.8 Å². The summed E-state index contributed by atoms with van der Waals surface area (Å²) in [5.41, 5.74) is 6.39. The number of rotatable bonds is 3. The van der Waals surface area contributed by atoms with Crippen LogP contribution in [-0.2, 0) is 0 Å². The smallest absolute Gasteiger partial charge is 0.0512 e. The third-order valence-electron chi connectivity index (χ3n) is 1.91. The maximum atomic E-state index is 9.02. The zero-order chi connectivity index (χ0) is 9.84. The second-order valence-corrected chi connectivity index (χ2v) is 4.10. The minimum absolute atomic E-state index is 0.0256. The molecule has 0 aliphatic rings. The van der Waals surface area contributed by atoms with Gasteiger partial charge in [0.15, 0.2) is 0 Å². The number of nitrogens with two attached hydrogens (primary N) is 1. The average molecular weight is 265 g/mol. The Morgan fingerprint density at radius 2 is 2.23 bits per heavy atom. The van der Waals surface area contributed by atoms with E-state index in [4.69, 9.17) is 22.4 Å². The molecule has 1 unspecified atom stereocenters. The van der Waals surface area contributed by atoms with Gasteiger partial charge in [0.2, 0.25) is 0 Å². The molecule has 1 rings (SSSR count). The van der Waals surface area contributed by atoms with Gasteiger partial charge in [-0.1, -0.05) is 33.6 Å². The molecular weight excluding hydrogens is 253 g/mol. The predicted octanol–water partition coefficient (Wildman–Crippen LogP) is 2.14. The first-order chi connectivity index (χ1) is 6.19.